The SMILES string of the molecule is Cc1cn(CC(=O)O)c(CCc2ccccc2)nc1=O. The average molecular weight is 272 g/mol. The molecule has 104 valence electrons. The van der Waals surface area contributed by atoms with Crippen molar-refractivity contribution in [3.63, 3.8) is 0 Å². The summed E-state index contributed by atoms with van der Waals surface area (Å²) in [4.78, 5) is 26.5. The molecule has 5 nitrogen and oxygen atoms in total. The Balaban J connectivity index is 2.23. The molecule has 20 heavy (non-hydrogen) atoms. The zero-order valence-corrected chi connectivity index (χ0v) is 11.2. The van der Waals surface area contributed by atoms with Gasteiger partial charge < -0.3 is 9.67 Å². The van der Waals surface area contributed by atoms with Gasteiger partial charge in [0.15, 0.2) is 0 Å². The molecule has 5 heteroatoms. The van der Waals surface area contributed by atoms with Gasteiger partial charge in [-0.3, -0.25) is 9.59 Å². The van der Waals surface area contributed by atoms with Gasteiger partial charge in [-0.2, -0.15) is 4.98 Å². The Kier molecular flexibility index (Phi) is 4.30. The van der Waals surface area contributed by atoms with E-state index in [1.165, 1.54) is 4.57 Å². The van der Waals surface area contributed by atoms with Gasteiger partial charge in [-0.1, -0.05) is 30.3 Å². The van der Waals surface area contributed by atoms with Crippen LogP contribution in [0, 0.1) is 6.92 Å². The molecule has 0 aliphatic heterocycles. The maximum atomic E-state index is 11.6. The van der Waals surface area contributed by atoms with Gasteiger partial charge in [0.1, 0.15) is 12.4 Å². The summed E-state index contributed by atoms with van der Waals surface area (Å²) in [5, 5.41) is 8.91. The zero-order valence-electron chi connectivity index (χ0n) is 11.2. The molecule has 0 saturated carbocycles. The van der Waals surface area contributed by atoms with Crippen molar-refractivity contribution in [3.8, 4) is 0 Å². The monoisotopic (exact) mass is 272 g/mol. The lowest BCUT2D eigenvalue weighted by molar-refractivity contribution is -0.137. The highest BCUT2D eigenvalue weighted by Gasteiger charge is 2.09. The first-order chi connectivity index (χ1) is 9.56. The lowest BCUT2D eigenvalue weighted by atomic mass is 10.1. The second kappa shape index (κ2) is 6.14. The molecule has 0 atom stereocenters. The van der Waals surface area contributed by atoms with Crippen molar-refractivity contribution in [2.24, 2.45) is 0 Å². The molecular formula is C15H16N2O3. The molecule has 0 fully saturated rings. The summed E-state index contributed by atoms with van der Waals surface area (Å²) in [6.07, 6.45) is 2.81. The van der Waals surface area contributed by atoms with Gasteiger partial charge in [-0.05, 0) is 18.9 Å². The number of hydrogen-bond donors (Lipinski definition) is 1. The number of aryl methyl sites for hydroxylation is 3. The van der Waals surface area contributed by atoms with Crippen molar-refractivity contribution in [2.75, 3.05) is 0 Å². The van der Waals surface area contributed by atoms with Crippen LogP contribution >= 0.6 is 0 Å². The molecule has 0 unspecified atom stereocenters. The van der Waals surface area contributed by atoms with E-state index in [4.69, 9.17) is 5.11 Å². The van der Waals surface area contributed by atoms with Crippen molar-refractivity contribution in [1.29, 1.82) is 0 Å². The van der Waals surface area contributed by atoms with Crippen molar-refractivity contribution in [2.45, 2.75) is 26.3 Å². The van der Waals surface area contributed by atoms with Crippen molar-refractivity contribution < 1.29 is 9.90 Å². The lowest BCUT2D eigenvalue weighted by Crippen LogP contribution is -2.23. The van der Waals surface area contributed by atoms with E-state index in [0.29, 0.717) is 17.8 Å². The molecule has 0 amide bonds. The number of carboxylic acids is 1. The standard InChI is InChI=1S/C15H16N2O3/c1-11-9-17(10-14(18)19)13(16-15(11)20)8-7-12-5-3-2-4-6-12/h2-6,9H,7-8,10H2,1H3,(H,18,19). The maximum absolute atomic E-state index is 11.6. The number of aliphatic carboxylic acids is 1. The first-order valence-electron chi connectivity index (χ1n) is 6.39. The Morgan fingerprint density at radius 1 is 1.25 bits per heavy atom. The minimum atomic E-state index is -0.948. The Bertz CT molecular complexity index is 663. The van der Waals surface area contributed by atoms with E-state index in [-0.39, 0.29) is 12.1 Å². The van der Waals surface area contributed by atoms with Crippen LogP contribution in [0.3, 0.4) is 0 Å². The van der Waals surface area contributed by atoms with Crippen LogP contribution in [-0.2, 0) is 24.2 Å². The molecule has 2 rings (SSSR count). The number of benzene rings is 1. The van der Waals surface area contributed by atoms with E-state index in [1.54, 1.807) is 13.1 Å². The maximum Gasteiger partial charge on any atom is 0.323 e. The molecule has 0 aliphatic carbocycles. The number of nitrogens with zero attached hydrogens (tertiary/aromatic N) is 2. The fourth-order valence-corrected chi connectivity index (χ4v) is 2.02. The van der Waals surface area contributed by atoms with E-state index in [2.05, 4.69) is 4.98 Å². The largest absolute Gasteiger partial charge is 0.480 e. The van der Waals surface area contributed by atoms with Crippen LogP contribution in [0.2, 0.25) is 0 Å². The molecule has 1 heterocycles. The average Bonchev–Trinajstić information content (AvgIpc) is 2.42. The molecule has 0 bridgehead atoms. The number of carboxylic acid groups (broad SMARTS) is 1. The zero-order chi connectivity index (χ0) is 14.5. The highest BCUT2D eigenvalue weighted by molar-refractivity contribution is 5.66. The quantitative estimate of drug-likeness (QED) is 0.893. The fraction of sp³-hybridized carbons (Fsp3) is 0.267. The highest BCUT2D eigenvalue weighted by Crippen LogP contribution is 2.05. The van der Waals surface area contributed by atoms with Gasteiger partial charge in [0, 0.05) is 18.2 Å². The van der Waals surface area contributed by atoms with Crippen LogP contribution in [0.15, 0.2) is 41.3 Å². The van der Waals surface area contributed by atoms with Gasteiger partial charge in [0.2, 0.25) is 0 Å². The Hall–Kier alpha value is -2.43. The first-order valence-corrected chi connectivity index (χ1v) is 6.39. The molecule has 0 radical (unpaired) electrons. The predicted molar refractivity (Wildman–Crippen MR) is 74.7 cm³/mol. The van der Waals surface area contributed by atoms with Gasteiger partial charge in [-0.15, -0.1) is 0 Å². The van der Waals surface area contributed by atoms with E-state index >= 15 is 0 Å². The number of rotatable bonds is 5. The highest BCUT2D eigenvalue weighted by atomic mass is 16.4. The van der Waals surface area contributed by atoms with Crippen LogP contribution in [0.5, 0.6) is 0 Å². The summed E-state index contributed by atoms with van der Waals surface area (Å²) in [6.45, 7) is 1.45. The summed E-state index contributed by atoms with van der Waals surface area (Å²) in [5.41, 5.74) is 1.29. The summed E-state index contributed by atoms with van der Waals surface area (Å²) >= 11 is 0. The second-order valence-corrected chi connectivity index (χ2v) is 4.65. The van der Waals surface area contributed by atoms with Crippen LogP contribution in [0.4, 0.5) is 0 Å². The minimum absolute atomic E-state index is 0.182. The van der Waals surface area contributed by atoms with Crippen LogP contribution in [0.25, 0.3) is 0 Å². The third kappa shape index (κ3) is 3.54. The van der Waals surface area contributed by atoms with Gasteiger partial charge in [0.05, 0.1) is 0 Å². The topological polar surface area (TPSA) is 72.2 Å². The van der Waals surface area contributed by atoms with E-state index in [0.717, 1.165) is 12.0 Å². The lowest BCUT2D eigenvalue weighted by Gasteiger charge is -2.11. The smallest absolute Gasteiger partial charge is 0.323 e. The molecule has 1 aromatic heterocycles. The number of aromatic nitrogens is 2. The second-order valence-electron chi connectivity index (χ2n) is 4.65. The number of carbonyl (C=O) groups is 1. The summed E-state index contributed by atoms with van der Waals surface area (Å²) < 4.78 is 1.53. The van der Waals surface area contributed by atoms with E-state index in [1.807, 2.05) is 30.3 Å². The van der Waals surface area contributed by atoms with E-state index < -0.39 is 5.97 Å². The molecule has 0 aliphatic rings. The third-order valence-electron chi connectivity index (χ3n) is 3.03. The summed E-state index contributed by atoms with van der Waals surface area (Å²) in [7, 11) is 0. The molecular weight excluding hydrogens is 256 g/mol. The third-order valence-corrected chi connectivity index (χ3v) is 3.03. The predicted octanol–water partition coefficient (Wildman–Crippen LogP) is 1.42. The molecule has 1 N–H and O–H groups in total. The van der Waals surface area contributed by atoms with Gasteiger partial charge in [-0.25, -0.2) is 0 Å². The Morgan fingerprint density at radius 3 is 2.60 bits per heavy atom. The normalized spacial score (nSPS) is 10.4. The molecule has 1 aromatic carbocycles. The summed E-state index contributed by atoms with van der Waals surface area (Å²) in [5.74, 6) is -0.442. The fourth-order valence-electron chi connectivity index (χ4n) is 2.02. The minimum Gasteiger partial charge on any atom is -0.480 e. The van der Waals surface area contributed by atoms with Crippen LogP contribution in [-0.4, -0.2) is 20.6 Å². The Morgan fingerprint density at radius 2 is 1.95 bits per heavy atom. The van der Waals surface area contributed by atoms with Crippen LogP contribution in [0.1, 0.15) is 17.0 Å². The molecule has 0 spiro atoms. The van der Waals surface area contributed by atoms with Crippen molar-refractivity contribution in [1.82, 2.24) is 9.55 Å². The Labute approximate surface area is 116 Å². The first kappa shape index (κ1) is 14.0. The van der Waals surface area contributed by atoms with Crippen molar-refractivity contribution >= 4 is 5.97 Å². The van der Waals surface area contributed by atoms with Crippen molar-refractivity contribution in [3.05, 3.63) is 63.8 Å². The summed E-state index contributed by atoms with van der Waals surface area (Å²) in [6, 6.07) is 9.82. The van der Waals surface area contributed by atoms with E-state index in [9.17, 15) is 9.59 Å². The van der Waals surface area contributed by atoms with Crippen LogP contribution < -0.4 is 5.56 Å². The molecule has 0 saturated heterocycles. The number of hydrogen-bond acceptors (Lipinski definition) is 3. The van der Waals surface area contributed by atoms with Gasteiger partial charge in [0.25, 0.3) is 5.56 Å². The van der Waals surface area contributed by atoms with Gasteiger partial charge >= 0.3 is 5.97 Å². The molecule has 2 aromatic rings.